The van der Waals surface area contributed by atoms with Crippen LogP contribution >= 0.6 is 0 Å². The van der Waals surface area contributed by atoms with E-state index in [9.17, 15) is 4.79 Å². The van der Waals surface area contributed by atoms with Crippen molar-refractivity contribution in [3.05, 3.63) is 48.0 Å². The van der Waals surface area contributed by atoms with Crippen LogP contribution in [0.3, 0.4) is 0 Å². The maximum Gasteiger partial charge on any atom is 0.333 e. The highest BCUT2D eigenvalue weighted by molar-refractivity contribution is 5.86. The molecule has 0 bridgehead atoms. The maximum atomic E-state index is 11.1. The smallest absolute Gasteiger partial charge is 0.333 e. The summed E-state index contributed by atoms with van der Waals surface area (Å²) >= 11 is 0. The number of hydrogen-bond acceptors (Lipinski definition) is 2. The first-order valence-corrected chi connectivity index (χ1v) is 5.56. The summed E-state index contributed by atoms with van der Waals surface area (Å²) in [6.07, 6.45) is 2.97. The molecule has 2 heteroatoms. The van der Waals surface area contributed by atoms with E-state index >= 15 is 0 Å². The predicted octanol–water partition coefficient (Wildman–Crippen LogP) is 3.13. The summed E-state index contributed by atoms with van der Waals surface area (Å²) in [4.78, 5) is 11.1. The first-order chi connectivity index (χ1) is 7.70. The Labute approximate surface area is 96.9 Å². The highest BCUT2D eigenvalue weighted by Crippen LogP contribution is 2.04. The molecule has 0 aliphatic rings. The Morgan fingerprint density at radius 3 is 2.56 bits per heavy atom. The van der Waals surface area contributed by atoms with Crippen molar-refractivity contribution in [3.8, 4) is 0 Å². The molecule has 0 saturated carbocycles. The van der Waals surface area contributed by atoms with Crippen molar-refractivity contribution in [2.45, 2.75) is 26.2 Å². The third kappa shape index (κ3) is 4.78. The number of esters is 1. The third-order valence-electron chi connectivity index (χ3n) is 2.28. The van der Waals surface area contributed by atoms with Crippen molar-refractivity contribution in [1.29, 1.82) is 0 Å². The summed E-state index contributed by atoms with van der Waals surface area (Å²) in [5.41, 5.74) is 1.79. The minimum atomic E-state index is -0.292. The van der Waals surface area contributed by atoms with Crippen molar-refractivity contribution in [1.82, 2.24) is 0 Å². The predicted molar refractivity (Wildman–Crippen MR) is 65.2 cm³/mol. The lowest BCUT2D eigenvalue weighted by atomic mass is 10.1. The average molecular weight is 218 g/mol. The van der Waals surface area contributed by atoms with Gasteiger partial charge in [0.25, 0.3) is 0 Å². The zero-order valence-electron chi connectivity index (χ0n) is 9.74. The molecule has 0 aromatic heterocycles. The number of unbranched alkanes of at least 4 members (excludes halogenated alkanes) is 1. The molecule has 0 atom stereocenters. The van der Waals surface area contributed by atoms with Crippen molar-refractivity contribution >= 4 is 5.97 Å². The van der Waals surface area contributed by atoms with E-state index in [2.05, 4.69) is 18.7 Å². The highest BCUT2D eigenvalue weighted by Gasteiger charge is 2.01. The molecule has 16 heavy (non-hydrogen) atoms. The van der Waals surface area contributed by atoms with Gasteiger partial charge in [-0.1, -0.05) is 36.9 Å². The Hall–Kier alpha value is -1.57. The Balaban J connectivity index is 2.09. The minimum Gasteiger partial charge on any atom is -0.462 e. The van der Waals surface area contributed by atoms with Crippen LogP contribution in [0.25, 0.3) is 0 Å². The molecule has 0 radical (unpaired) electrons. The van der Waals surface area contributed by atoms with Gasteiger partial charge in [-0.05, 0) is 31.7 Å². The summed E-state index contributed by atoms with van der Waals surface area (Å²) in [6.45, 7) is 5.67. The van der Waals surface area contributed by atoms with Gasteiger partial charge in [0.05, 0.1) is 6.61 Å². The maximum absolute atomic E-state index is 11.1. The number of rotatable bonds is 6. The van der Waals surface area contributed by atoms with Crippen LogP contribution in [0.4, 0.5) is 0 Å². The summed E-state index contributed by atoms with van der Waals surface area (Å²) in [6, 6.07) is 10.3. The summed E-state index contributed by atoms with van der Waals surface area (Å²) in [5, 5.41) is 0. The Bertz CT molecular complexity index is 341. The number of ether oxygens (including phenoxy) is 1. The van der Waals surface area contributed by atoms with Gasteiger partial charge in [-0.2, -0.15) is 0 Å². The molecule has 0 amide bonds. The molecule has 2 nitrogen and oxygen atoms in total. The van der Waals surface area contributed by atoms with Crippen molar-refractivity contribution in [3.63, 3.8) is 0 Å². The zero-order chi connectivity index (χ0) is 11.8. The first-order valence-electron chi connectivity index (χ1n) is 5.56. The van der Waals surface area contributed by atoms with Crippen molar-refractivity contribution in [2.75, 3.05) is 6.61 Å². The van der Waals surface area contributed by atoms with Crippen LogP contribution in [0.1, 0.15) is 25.3 Å². The molecule has 0 N–H and O–H groups in total. The number of aryl methyl sites for hydroxylation is 1. The number of carbonyl (C=O) groups is 1. The molecule has 1 aromatic carbocycles. The number of hydrogen-bond donors (Lipinski definition) is 0. The topological polar surface area (TPSA) is 26.3 Å². The van der Waals surface area contributed by atoms with E-state index in [-0.39, 0.29) is 5.97 Å². The van der Waals surface area contributed by atoms with Crippen LogP contribution in [0, 0.1) is 0 Å². The molecule has 1 rings (SSSR count). The average Bonchev–Trinajstić information content (AvgIpc) is 2.29. The summed E-state index contributed by atoms with van der Waals surface area (Å²) < 4.78 is 5.00. The second-order valence-corrected chi connectivity index (χ2v) is 3.86. The largest absolute Gasteiger partial charge is 0.462 e. The highest BCUT2D eigenvalue weighted by atomic mass is 16.5. The molecule has 0 saturated heterocycles. The normalized spacial score (nSPS) is 9.81. The lowest BCUT2D eigenvalue weighted by Crippen LogP contribution is -2.06. The van der Waals surface area contributed by atoms with Crippen LogP contribution in [-0.4, -0.2) is 12.6 Å². The van der Waals surface area contributed by atoms with Gasteiger partial charge in [0.2, 0.25) is 0 Å². The molecule has 1 aromatic rings. The standard InChI is InChI=1S/C14H18O2/c1-12(2)14(15)16-11-7-6-10-13-8-4-3-5-9-13/h3-5,8-9H,1,6-7,10-11H2,2H3. The molecule has 0 heterocycles. The Kier molecular flexibility index (Phi) is 5.34. The monoisotopic (exact) mass is 218 g/mol. The van der Waals surface area contributed by atoms with E-state index in [1.165, 1.54) is 5.56 Å². The van der Waals surface area contributed by atoms with E-state index in [0.717, 1.165) is 19.3 Å². The Morgan fingerprint density at radius 2 is 1.94 bits per heavy atom. The molecular weight excluding hydrogens is 200 g/mol. The SMILES string of the molecule is C=C(C)C(=O)OCCCCc1ccccc1. The van der Waals surface area contributed by atoms with Gasteiger partial charge in [0.1, 0.15) is 0 Å². The van der Waals surface area contributed by atoms with Crippen LogP contribution in [0.2, 0.25) is 0 Å². The molecule has 0 unspecified atom stereocenters. The third-order valence-corrected chi connectivity index (χ3v) is 2.28. The fraction of sp³-hybridized carbons (Fsp3) is 0.357. The van der Waals surface area contributed by atoms with Crippen molar-refractivity contribution in [2.24, 2.45) is 0 Å². The molecular formula is C14H18O2. The lowest BCUT2D eigenvalue weighted by Gasteiger charge is -2.04. The van der Waals surface area contributed by atoms with Gasteiger partial charge in [0, 0.05) is 5.57 Å². The fourth-order valence-electron chi connectivity index (χ4n) is 1.36. The van der Waals surface area contributed by atoms with E-state index in [0.29, 0.717) is 12.2 Å². The molecule has 0 fully saturated rings. The first kappa shape index (κ1) is 12.5. The van der Waals surface area contributed by atoms with Gasteiger partial charge in [-0.3, -0.25) is 0 Å². The fourth-order valence-corrected chi connectivity index (χ4v) is 1.36. The van der Waals surface area contributed by atoms with Crippen LogP contribution in [0.15, 0.2) is 42.5 Å². The van der Waals surface area contributed by atoms with Gasteiger partial charge < -0.3 is 4.74 Å². The number of carbonyl (C=O) groups excluding carboxylic acids is 1. The van der Waals surface area contributed by atoms with Gasteiger partial charge in [-0.25, -0.2) is 4.79 Å². The van der Waals surface area contributed by atoms with Crippen molar-refractivity contribution < 1.29 is 9.53 Å². The van der Waals surface area contributed by atoms with E-state index in [4.69, 9.17) is 4.74 Å². The molecule has 0 aliphatic carbocycles. The summed E-state index contributed by atoms with van der Waals surface area (Å²) in [5.74, 6) is -0.292. The zero-order valence-corrected chi connectivity index (χ0v) is 9.74. The summed E-state index contributed by atoms with van der Waals surface area (Å²) in [7, 11) is 0. The molecule has 0 aliphatic heterocycles. The Morgan fingerprint density at radius 1 is 1.25 bits per heavy atom. The molecule has 0 spiro atoms. The van der Waals surface area contributed by atoms with E-state index in [1.807, 2.05) is 18.2 Å². The van der Waals surface area contributed by atoms with E-state index < -0.39 is 0 Å². The molecule has 86 valence electrons. The second-order valence-electron chi connectivity index (χ2n) is 3.86. The van der Waals surface area contributed by atoms with Crippen LogP contribution in [0.5, 0.6) is 0 Å². The lowest BCUT2D eigenvalue weighted by molar-refractivity contribution is -0.139. The van der Waals surface area contributed by atoms with Crippen LogP contribution in [-0.2, 0) is 16.0 Å². The van der Waals surface area contributed by atoms with Gasteiger partial charge in [-0.15, -0.1) is 0 Å². The van der Waals surface area contributed by atoms with Gasteiger partial charge in [0.15, 0.2) is 0 Å². The van der Waals surface area contributed by atoms with Crippen LogP contribution < -0.4 is 0 Å². The van der Waals surface area contributed by atoms with Gasteiger partial charge >= 0.3 is 5.97 Å². The quantitative estimate of drug-likeness (QED) is 0.416. The van der Waals surface area contributed by atoms with E-state index in [1.54, 1.807) is 6.92 Å². The minimum absolute atomic E-state index is 0.292. The second kappa shape index (κ2) is 6.83. The number of benzene rings is 1.